The van der Waals surface area contributed by atoms with Crippen LogP contribution in [0.4, 0.5) is 0 Å². The zero-order valence-electron chi connectivity index (χ0n) is 47.7. The van der Waals surface area contributed by atoms with Crippen molar-refractivity contribution in [2.45, 2.75) is 232 Å². The van der Waals surface area contributed by atoms with E-state index in [9.17, 15) is 14.4 Å². The molecule has 0 aromatic heterocycles. The average molecular weight is 1030 g/mol. The van der Waals surface area contributed by atoms with Crippen LogP contribution in [0.15, 0.2) is 170 Å². The predicted octanol–water partition coefficient (Wildman–Crippen LogP) is 20.3. The van der Waals surface area contributed by atoms with E-state index in [1.54, 1.807) is 0 Å². The normalized spacial score (nSPS) is 13.4. The van der Waals surface area contributed by atoms with Gasteiger partial charge in [0.2, 0.25) is 0 Å². The van der Waals surface area contributed by atoms with E-state index in [1.807, 2.05) is 0 Å². The summed E-state index contributed by atoms with van der Waals surface area (Å²) >= 11 is 0. The maximum Gasteiger partial charge on any atom is 0.306 e. The highest BCUT2D eigenvalue weighted by Crippen LogP contribution is 2.14. The van der Waals surface area contributed by atoms with Gasteiger partial charge in [-0.3, -0.25) is 14.4 Å². The summed E-state index contributed by atoms with van der Waals surface area (Å²) in [6.45, 7) is 6.18. The molecule has 0 saturated heterocycles. The first kappa shape index (κ1) is 69.8. The van der Waals surface area contributed by atoms with Crippen molar-refractivity contribution in [3.8, 4) is 0 Å². The van der Waals surface area contributed by atoms with Crippen molar-refractivity contribution >= 4 is 17.9 Å². The van der Waals surface area contributed by atoms with Gasteiger partial charge in [0.1, 0.15) is 13.2 Å². The molecule has 0 aromatic rings. The minimum Gasteiger partial charge on any atom is -0.462 e. The van der Waals surface area contributed by atoms with Gasteiger partial charge in [-0.15, -0.1) is 0 Å². The Morgan fingerprint density at radius 3 is 0.800 bits per heavy atom. The van der Waals surface area contributed by atoms with Crippen molar-refractivity contribution in [3.63, 3.8) is 0 Å². The van der Waals surface area contributed by atoms with Gasteiger partial charge < -0.3 is 14.2 Å². The second-order valence-corrected chi connectivity index (χ2v) is 18.8. The lowest BCUT2D eigenvalue weighted by atomic mass is 10.1. The maximum atomic E-state index is 12.9. The van der Waals surface area contributed by atoms with E-state index < -0.39 is 6.10 Å². The summed E-state index contributed by atoms with van der Waals surface area (Å²) in [6, 6.07) is 0. The lowest BCUT2D eigenvalue weighted by Gasteiger charge is -2.18. The van der Waals surface area contributed by atoms with Crippen molar-refractivity contribution < 1.29 is 28.6 Å². The predicted molar refractivity (Wildman–Crippen MR) is 325 cm³/mol. The summed E-state index contributed by atoms with van der Waals surface area (Å²) in [5, 5.41) is 0. The lowest BCUT2D eigenvalue weighted by molar-refractivity contribution is -0.167. The third-order valence-electron chi connectivity index (χ3n) is 11.7. The molecule has 0 N–H and O–H groups in total. The van der Waals surface area contributed by atoms with Crippen molar-refractivity contribution in [1.82, 2.24) is 0 Å². The summed E-state index contributed by atoms with van der Waals surface area (Å²) in [7, 11) is 0. The minimum atomic E-state index is -0.843. The second-order valence-electron chi connectivity index (χ2n) is 18.8. The molecule has 418 valence electrons. The number of allylic oxidation sites excluding steroid dienone is 28. The first-order valence-electron chi connectivity index (χ1n) is 29.6. The van der Waals surface area contributed by atoms with E-state index in [-0.39, 0.29) is 44.0 Å². The van der Waals surface area contributed by atoms with Gasteiger partial charge in [-0.25, -0.2) is 0 Å². The highest BCUT2D eigenvalue weighted by atomic mass is 16.6. The molecule has 1 unspecified atom stereocenters. The van der Waals surface area contributed by atoms with Crippen LogP contribution < -0.4 is 0 Å². The molecule has 0 saturated carbocycles. The molecule has 0 aliphatic carbocycles. The van der Waals surface area contributed by atoms with Gasteiger partial charge in [-0.2, -0.15) is 0 Å². The third kappa shape index (κ3) is 59.5. The topological polar surface area (TPSA) is 78.9 Å². The minimum absolute atomic E-state index is 0.129. The fraction of sp³-hybridized carbons (Fsp3) is 0.551. The standard InChI is InChI=1S/C69H106O6/c1-4-7-10-13-16-19-22-25-28-31-32-33-34-35-36-39-41-44-47-50-53-56-59-62-68(71)74-65-66(75-69(72)63-60-57-54-51-48-45-42-38-30-27-24-21-18-15-12-9-6-3)64-73-67(70)61-58-55-52-49-46-43-40-37-29-26-23-20-17-14-11-8-5-2/h7-12,16-21,25-30,32-33,40,42-43,45,49,51-52,54,66H,4-6,13-15,22-24,31,34-39,41,44,46-48,50,53,55-65H2,1-3H3/b10-7-,11-8-,12-9-,19-16-,20-17-,21-18-,28-25-,29-26-,30-27-,33-32-,43-40-,45-42-,52-49-,54-51-. The Bertz CT molecular complexity index is 1750. The van der Waals surface area contributed by atoms with Crippen molar-refractivity contribution in [1.29, 1.82) is 0 Å². The fourth-order valence-electron chi connectivity index (χ4n) is 7.39. The van der Waals surface area contributed by atoms with Crippen molar-refractivity contribution in [3.05, 3.63) is 170 Å². The van der Waals surface area contributed by atoms with Crippen LogP contribution in [-0.2, 0) is 28.6 Å². The third-order valence-corrected chi connectivity index (χ3v) is 11.7. The summed E-state index contributed by atoms with van der Waals surface area (Å²) in [4.78, 5) is 38.2. The molecule has 6 nitrogen and oxygen atoms in total. The molecule has 75 heavy (non-hydrogen) atoms. The van der Waals surface area contributed by atoms with Crippen LogP contribution in [0, 0.1) is 0 Å². The Morgan fingerprint density at radius 2 is 0.493 bits per heavy atom. The summed E-state index contributed by atoms with van der Waals surface area (Å²) in [5.74, 6) is -1.06. The van der Waals surface area contributed by atoms with E-state index in [1.165, 1.54) is 51.4 Å². The van der Waals surface area contributed by atoms with Gasteiger partial charge in [-0.05, 0) is 135 Å². The Balaban J connectivity index is 4.55. The molecule has 0 heterocycles. The molecule has 1 atom stereocenters. The van der Waals surface area contributed by atoms with Crippen LogP contribution in [0.3, 0.4) is 0 Å². The first-order valence-corrected chi connectivity index (χ1v) is 29.6. The number of hydrogen-bond donors (Lipinski definition) is 0. The molecule has 0 spiro atoms. The van der Waals surface area contributed by atoms with Crippen molar-refractivity contribution in [2.24, 2.45) is 0 Å². The van der Waals surface area contributed by atoms with Gasteiger partial charge in [0.15, 0.2) is 6.10 Å². The Labute approximate surface area is 460 Å². The van der Waals surface area contributed by atoms with Gasteiger partial charge in [0.05, 0.1) is 0 Å². The van der Waals surface area contributed by atoms with Gasteiger partial charge in [0, 0.05) is 19.3 Å². The summed E-state index contributed by atoms with van der Waals surface area (Å²) in [5.41, 5.74) is 0. The van der Waals surface area contributed by atoms with Crippen LogP contribution in [0.2, 0.25) is 0 Å². The zero-order chi connectivity index (χ0) is 54.3. The molecule has 0 rings (SSSR count). The van der Waals surface area contributed by atoms with Gasteiger partial charge in [-0.1, -0.05) is 242 Å². The largest absolute Gasteiger partial charge is 0.462 e. The second kappa shape index (κ2) is 61.3. The quantitative estimate of drug-likeness (QED) is 0.0261. The van der Waals surface area contributed by atoms with Crippen LogP contribution >= 0.6 is 0 Å². The molecule has 0 aliphatic heterocycles. The molecule has 0 aromatic carbocycles. The van der Waals surface area contributed by atoms with Crippen LogP contribution in [0.1, 0.15) is 226 Å². The molecule has 0 radical (unpaired) electrons. The highest BCUT2D eigenvalue weighted by Gasteiger charge is 2.19. The van der Waals surface area contributed by atoms with Crippen LogP contribution in [0.5, 0.6) is 0 Å². The number of unbranched alkanes of at least 4 members (excludes halogenated alkanes) is 12. The Hall–Kier alpha value is -5.23. The molecule has 0 bridgehead atoms. The number of carbonyl (C=O) groups is 3. The summed E-state index contributed by atoms with van der Waals surface area (Å²) < 4.78 is 16.8. The van der Waals surface area contributed by atoms with E-state index in [2.05, 4.69) is 191 Å². The number of ether oxygens (including phenoxy) is 3. The van der Waals surface area contributed by atoms with Gasteiger partial charge >= 0.3 is 17.9 Å². The number of carbonyl (C=O) groups excluding carboxylic acids is 3. The van der Waals surface area contributed by atoms with E-state index >= 15 is 0 Å². The molecule has 0 amide bonds. The van der Waals surface area contributed by atoms with Crippen LogP contribution in [0.25, 0.3) is 0 Å². The van der Waals surface area contributed by atoms with Crippen molar-refractivity contribution in [2.75, 3.05) is 13.2 Å². The first-order chi connectivity index (χ1) is 37.0. The monoisotopic (exact) mass is 1030 g/mol. The Morgan fingerprint density at radius 1 is 0.267 bits per heavy atom. The number of hydrogen-bond acceptors (Lipinski definition) is 6. The number of rotatable bonds is 51. The lowest BCUT2D eigenvalue weighted by Crippen LogP contribution is -2.30. The van der Waals surface area contributed by atoms with E-state index in [0.717, 1.165) is 122 Å². The molecular weight excluding hydrogens is 925 g/mol. The summed E-state index contributed by atoms with van der Waals surface area (Å²) in [6.07, 6.45) is 90.7. The average Bonchev–Trinajstić information content (AvgIpc) is 3.41. The van der Waals surface area contributed by atoms with E-state index in [0.29, 0.717) is 19.3 Å². The molecule has 0 aliphatic rings. The maximum absolute atomic E-state index is 12.9. The number of esters is 3. The molecule has 0 fully saturated rings. The fourth-order valence-corrected chi connectivity index (χ4v) is 7.39. The van der Waals surface area contributed by atoms with Crippen LogP contribution in [-0.4, -0.2) is 37.2 Å². The smallest absolute Gasteiger partial charge is 0.306 e. The SMILES string of the molecule is CC/C=C\C/C=C\C/C=C\C/C=C\C/C=C\CCCC(=O)OCC(COC(=O)CCCCCCCCCCCC/C=C\C/C=C\C/C=C\C/C=C\CC)OC(=O)CCC/C=C\C/C=C\C/C=C\C/C=C\C/C=C\CC. The van der Waals surface area contributed by atoms with Gasteiger partial charge in [0.25, 0.3) is 0 Å². The van der Waals surface area contributed by atoms with E-state index in [4.69, 9.17) is 14.2 Å². The Kier molecular flexibility index (Phi) is 57.0. The molecular formula is C69H106O6. The zero-order valence-corrected chi connectivity index (χ0v) is 47.7. The highest BCUT2D eigenvalue weighted by molar-refractivity contribution is 5.71. The molecule has 6 heteroatoms.